The zero-order chi connectivity index (χ0) is 22.8. The number of thiophene rings is 1. The van der Waals surface area contributed by atoms with E-state index < -0.39 is 0 Å². The molecule has 0 amide bonds. The Labute approximate surface area is 198 Å². The topological polar surface area (TPSA) is 80.4 Å². The van der Waals surface area contributed by atoms with E-state index >= 15 is 0 Å². The Morgan fingerprint density at radius 1 is 1.18 bits per heavy atom. The maximum atomic E-state index is 9.63. The lowest BCUT2D eigenvalue weighted by Gasteiger charge is -2.29. The molecule has 0 radical (unpaired) electrons. The molecule has 1 aliphatic heterocycles. The van der Waals surface area contributed by atoms with Gasteiger partial charge in [-0.3, -0.25) is 5.10 Å². The number of likely N-dealkylation sites (N-methyl/N-ethyl adjacent to an activating group) is 1. The van der Waals surface area contributed by atoms with E-state index in [0.29, 0.717) is 6.61 Å². The average molecular weight is 468 g/mol. The molecule has 1 fully saturated rings. The maximum Gasteiger partial charge on any atom is 0.126 e. The van der Waals surface area contributed by atoms with E-state index in [4.69, 9.17) is 4.74 Å². The summed E-state index contributed by atoms with van der Waals surface area (Å²) in [4.78, 5) is 9.54. The zero-order valence-electron chi connectivity index (χ0n) is 19.4. The number of rotatable bonds is 9. The Bertz CT molecular complexity index is 1200. The van der Waals surface area contributed by atoms with Crippen molar-refractivity contribution < 1.29 is 9.84 Å². The van der Waals surface area contributed by atoms with Crippen LogP contribution in [0.4, 0.5) is 0 Å². The molecular weight excluding hydrogens is 434 g/mol. The van der Waals surface area contributed by atoms with Crippen molar-refractivity contribution in [3.8, 4) is 17.1 Å². The van der Waals surface area contributed by atoms with Crippen LogP contribution < -0.4 is 4.74 Å². The second-order valence-corrected chi connectivity index (χ2v) is 10.4. The summed E-state index contributed by atoms with van der Waals surface area (Å²) in [5.41, 5.74) is 4.18. The third-order valence-electron chi connectivity index (χ3n) is 6.39. The molecule has 4 aromatic rings. The van der Waals surface area contributed by atoms with E-state index in [0.717, 1.165) is 85.4 Å². The number of ether oxygens (including phenoxy) is 1. The lowest BCUT2D eigenvalue weighted by atomic mass is 10.1. The van der Waals surface area contributed by atoms with Gasteiger partial charge < -0.3 is 24.6 Å². The quantitative estimate of drug-likeness (QED) is 0.323. The van der Waals surface area contributed by atoms with Gasteiger partial charge in [0.1, 0.15) is 11.4 Å². The Hall–Kier alpha value is -2.39. The fraction of sp³-hybridized carbons (Fsp3) is 0.480. The van der Waals surface area contributed by atoms with Gasteiger partial charge in [0.05, 0.1) is 28.6 Å². The Kier molecular flexibility index (Phi) is 6.69. The van der Waals surface area contributed by atoms with Crippen LogP contribution in [0.1, 0.15) is 24.1 Å². The van der Waals surface area contributed by atoms with Crippen LogP contribution in [0.15, 0.2) is 30.3 Å². The number of aliphatic hydroxyl groups excluding tert-OH is 1. The van der Waals surface area contributed by atoms with Crippen molar-refractivity contribution in [2.24, 2.45) is 0 Å². The molecule has 1 aliphatic rings. The lowest BCUT2D eigenvalue weighted by Crippen LogP contribution is -2.36. The van der Waals surface area contributed by atoms with Crippen LogP contribution in [0.3, 0.4) is 0 Å². The molecular formula is C25H33N5O2S. The summed E-state index contributed by atoms with van der Waals surface area (Å²) < 4.78 is 7.23. The number of aromatic nitrogens is 3. The van der Waals surface area contributed by atoms with E-state index in [1.165, 1.54) is 9.58 Å². The molecule has 3 aromatic heterocycles. The standard InChI is InChI=1S/C25H33N5O2S/c1-29(2)10-8-20-16-23-25(33-20)24(28-27-23)22-14-17-4-5-19(15-21(17)26-22)32-13-3-9-30-11-6-18(31)7-12-30/h4-5,14-16,18,26,31H,3,6-13H2,1-2H3,(H,27,28). The van der Waals surface area contributed by atoms with E-state index in [1.807, 2.05) is 17.4 Å². The SMILES string of the molecule is CN(C)CCc1cc2[nH]nc(-c3cc4ccc(OCCCN5CCC(O)CC5)cc4[nH]3)c2s1. The first kappa shape index (κ1) is 22.4. The number of hydrogen-bond acceptors (Lipinski definition) is 6. The largest absolute Gasteiger partial charge is 0.493 e. The smallest absolute Gasteiger partial charge is 0.126 e. The minimum atomic E-state index is -0.113. The number of nitrogens with one attached hydrogen (secondary N) is 2. The molecule has 1 saturated heterocycles. The summed E-state index contributed by atoms with van der Waals surface area (Å²) in [6, 6.07) is 10.6. The minimum absolute atomic E-state index is 0.113. The third kappa shape index (κ3) is 5.24. The van der Waals surface area contributed by atoms with E-state index in [2.05, 4.69) is 63.3 Å². The number of aromatic amines is 2. The van der Waals surface area contributed by atoms with Gasteiger partial charge in [0.15, 0.2) is 0 Å². The molecule has 1 aromatic carbocycles. The monoisotopic (exact) mass is 467 g/mol. The van der Waals surface area contributed by atoms with Crippen LogP contribution in [0.5, 0.6) is 5.75 Å². The van der Waals surface area contributed by atoms with Crippen molar-refractivity contribution in [1.82, 2.24) is 25.0 Å². The van der Waals surface area contributed by atoms with Crippen molar-refractivity contribution in [3.05, 3.63) is 35.2 Å². The summed E-state index contributed by atoms with van der Waals surface area (Å²) in [6.45, 7) is 4.74. The van der Waals surface area contributed by atoms with E-state index in [1.54, 1.807) is 0 Å². The summed E-state index contributed by atoms with van der Waals surface area (Å²) >= 11 is 1.82. The number of piperidine rings is 1. The van der Waals surface area contributed by atoms with E-state index in [-0.39, 0.29) is 6.10 Å². The molecule has 0 saturated carbocycles. The molecule has 0 bridgehead atoms. The summed E-state index contributed by atoms with van der Waals surface area (Å²) in [5.74, 6) is 0.888. The Balaban J connectivity index is 1.23. The molecule has 0 spiro atoms. The highest BCUT2D eigenvalue weighted by Gasteiger charge is 2.17. The molecule has 4 heterocycles. The predicted octanol–water partition coefficient (Wildman–Crippen LogP) is 4.10. The summed E-state index contributed by atoms with van der Waals surface area (Å²) in [7, 11) is 4.21. The normalized spacial score (nSPS) is 15.9. The van der Waals surface area contributed by atoms with Crippen LogP contribution >= 0.6 is 11.3 Å². The second kappa shape index (κ2) is 9.85. The fourth-order valence-electron chi connectivity index (χ4n) is 4.45. The molecule has 0 unspecified atom stereocenters. The van der Waals surface area contributed by atoms with Gasteiger partial charge >= 0.3 is 0 Å². The van der Waals surface area contributed by atoms with Crippen LogP contribution in [-0.4, -0.2) is 83.1 Å². The number of likely N-dealkylation sites (tertiary alicyclic amines) is 1. The first-order chi connectivity index (χ1) is 16.0. The predicted molar refractivity (Wildman–Crippen MR) is 135 cm³/mol. The minimum Gasteiger partial charge on any atom is -0.493 e. The van der Waals surface area contributed by atoms with Gasteiger partial charge in [-0.05, 0) is 64.0 Å². The van der Waals surface area contributed by atoms with Crippen LogP contribution in [0, 0.1) is 0 Å². The highest BCUT2D eigenvalue weighted by atomic mass is 32.1. The van der Waals surface area contributed by atoms with Gasteiger partial charge in [0, 0.05) is 48.0 Å². The number of H-pyrrole nitrogens is 2. The molecule has 0 atom stereocenters. The average Bonchev–Trinajstić information content (AvgIpc) is 3.50. The summed E-state index contributed by atoms with van der Waals surface area (Å²) in [5, 5.41) is 18.6. The molecule has 5 rings (SSSR count). The maximum absolute atomic E-state index is 9.63. The van der Waals surface area contributed by atoms with Gasteiger partial charge in [-0.1, -0.05) is 0 Å². The number of hydrogen-bond donors (Lipinski definition) is 3. The second-order valence-electron chi connectivity index (χ2n) is 9.29. The van der Waals surface area contributed by atoms with Crippen molar-refractivity contribution in [2.75, 3.05) is 46.9 Å². The van der Waals surface area contributed by atoms with Crippen LogP contribution in [-0.2, 0) is 6.42 Å². The van der Waals surface area contributed by atoms with Gasteiger partial charge in [-0.25, -0.2) is 0 Å². The number of nitrogens with zero attached hydrogens (tertiary/aromatic N) is 3. The lowest BCUT2D eigenvalue weighted by molar-refractivity contribution is 0.0800. The number of benzene rings is 1. The first-order valence-corrected chi connectivity index (χ1v) is 12.6. The van der Waals surface area contributed by atoms with Crippen molar-refractivity contribution in [3.63, 3.8) is 0 Å². The molecule has 8 heteroatoms. The van der Waals surface area contributed by atoms with E-state index in [9.17, 15) is 5.11 Å². The van der Waals surface area contributed by atoms with Gasteiger partial charge in [-0.2, -0.15) is 5.10 Å². The Morgan fingerprint density at radius 2 is 2.03 bits per heavy atom. The molecule has 0 aliphatic carbocycles. The Morgan fingerprint density at radius 3 is 2.85 bits per heavy atom. The highest BCUT2D eigenvalue weighted by Crippen LogP contribution is 2.35. The van der Waals surface area contributed by atoms with Gasteiger partial charge in [0.25, 0.3) is 0 Å². The summed E-state index contributed by atoms with van der Waals surface area (Å²) in [6.07, 6.45) is 3.70. The highest BCUT2D eigenvalue weighted by molar-refractivity contribution is 7.19. The van der Waals surface area contributed by atoms with Gasteiger partial charge in [-0.15, -0.1) is 11.3 Å². The molecule has 176 valence electrons. The molecule has 33 heavy (non-hydrogen) atoms. The van der Waals surface area contributed by atoms with Crippen molar-refractivity contribution in [1.29, 1.82) is 0 Å². The number of fused-ring (bicyclic) bond motifs is 2. The van der Waals surface area contributed by atoms with Gasteiger partial charge in [0.2, 0.25) is 0 Å². The number of aliphatic hydroxyl groups is 1. The molecule has 3 N–H and O–H groups in total. The van der Waals surface area contributed by atoms with Crippen LogP contribution in [0.25, 0.3) is 32.5 Å². The molecule has 7 nitrogen and oxygen atoms in total. The van der Waals surface area contributed by atoms with Crippen molar-refractivity contribution >= 4 is 32.5 Å². The first-order valence-electron chi connectivity index (χ1n) is 11.8. The van der Waals surface area contributed by atoms with Crippen molar-refractivity contribution in [2.45, 2.75) is 31.8 Å². The fourth-order valence-corrected chi connectivity index (χ4v) is 5.55. The van der Waals surface area contributed by atoms with Crippen LogP contribution in [0.2, 0.25) is 0 Å². The zero-order valence-corrected chi connectivity index (χ0v) is 20.2. The third-order valence-corrected chi connectivity index (χ3v) is 7.59.